The smallest absolute Gasteiger partial charge is 0.534 e. The molecule has 0 bridgehead atoms. The van der Waals surface area contributed by atoms with Crippen LogP contribution in [-0.2, 0) is 11.2 Å². The van der Waals surface area contributed by atoms with Gasteiger partial charge in [-0.2, -0.15) is 0 Å². The largest absolute Gasteiger partial charge is 0.547 e. The highest BCUT2D eigenvalue weighted by atomic mass is 16.5. The van der Waals surface area contributed by atoms with Crippen LogP contribution >= 0.6 is 0 Å². The summed E-state index contributed by atoms with van der Waals surface area (Å²) in [5.41, 5.74) is 0.591. The minimum absolute atomic E-state index is 0.0206. The van der Waals surface area contributed by atoms with Crippen molar-refractivity contribution in [2.75, 3.05) is 20.1 Å². The van der Waals surface area contributed by atoms with Gasteiger partial charge in [0.25, 0.3) is 0 Å². The van der Waals surface area contributed by atoms with E-state index >= 15 is 0 Å². The fourth-order valence-corrected chi connectivity index (χ4v) is 4.45. The monoisotopic (exact) mass is 433 g/mol. The number of fused-ring (bicyclic) bond motifs is 1. The Balaban J connectivity index is 1.47. The molecule has 1 aromatic carbocycles. The lowest BCUT2D eigenvalue weighted by Crippen LogP contribution is -2.53. The lowest BCUT2D eigenvalue weighted by molar-refractivity contribution is -0.124. The molecule has 3 rings (SSSR count). The molecular weight excluding hydrogens is 401 g/mol. The van der Waals surface area contributed by atoms with Gasteiger partial charge in [-0.05, 0) is 56.7 Å². The van der Waals surface area contributed by atoms with Crippen LogP contribution in [0.4, 0.5) is 0 Å². The zero-order valence-electron chi connectivity index (χ0n) is 17.8. The molecule has 170 valence electrons. The van der Waals surface area contributed by atoms with Crippen LogP contribution < -0.4 is 20.6 Å². The van der Waals surface area contributed by atoms with Crippen LogP contribution in [0.5, 0.6) is 5.75 Å². The van der Waals surface area contributed by atoms with Gasteiger partial charge in [0.15, 0.2) is 0 Å². The predicted molar refractivity (Wildman–Crippen MR) is 116 cm³/mol. The summed E-state index contributed by atoms with van der Waals surface area (Å²) < 4.78 is 5.40. The molecule has 1 aliphatic carbocycles. The first kappa shape index (κ1) is 23.5. The number of likely N-dealkylation sites (N-methyl/N-ethyl adjacent to an activating group) is 1. The second-order valence-corrected chi connectivity index (χ2v) is 8.43. The number of hydrogen-bond donors (Lipinski definition) is 6. The van der Waals surface area contributed by atoms with Gasteiger partial charge in [-0.25, -0.2) is 4.79 Å². The number of nitrogens with one attached hydrogen (secondary N) is 3. The number of carbonyl (C=O) groups is 2. The molecule has 9 nitrogen and oxygen atoms in total. The first-order valence-corrected chi connectivity index (χ1v) is 10.9. The van der Waals surface area contributed by atoms with Gasteiger partial charge in [0.1, 0.15) is 5.75 Å². The summed E-state index contributed by atoms with van der Waals surface area (Å²) in [7, 11) is 0.568. The molecule has 1 amide bonds. The highest BCUT2D eigenvalue weighted by Crippen LogP contribution is 2.31. The Morgan fingerprint density at radius 1 is 1.23 bits per heavy atom. The molecule has 6 N–H and O–H groups in total. The summed E-state index contributed by atoms with van der Waals surface area (Å²) in [5.74, 6) is -1.98. The Bertz CT molecular complexity index is 771. The molecule has 31 heavy (non-hydrogen) atoms. The van der Waals surface area contributed by atoms with E-state index in [0.29, 0.717) is 11.6 Å². The van der Waals surface area contributed by atoms with Gasteiger partial charge in [0, 0.05) is 19.1 Å². The number of aliphatic hydroxyl groups is 1. The number of aromatic carboxylic acids is 1. The summed E-state index contributed by atoms with van der Waals surface area (Å²) in [6.07, 6.45) is 3.18. The number of benzene rings is 1. The SMILES string of the molecule is CNCCNC1CCC(C(O)CC(=O)N[C@H]2Cc3cccc(C(=O)O)c3OB2O)CC1. The maximum Gasteiger partial charge on any atom is 0.547 e. The molecule has 1 heterocycles. The van der Waals surface area contributed by atoms with Crippen molar-refractivity contribution in [3.05, 3.63) is 29.3 Å². The van der Waals surface area contributed by atoms with Crippen LogP contribution in [-0.4, -0.2) is 72.5 Å². The minimum Gasteiger partial charge on any atom is -0.534 e. The maximum atomic E-state index is 12.5. The molecule has 10 heteroatoms. The van der Waals surface area contributed by atoms with Crippen molar-refractivity contribution in [1.29, 1.82) is 0 Å². The topological polar surface area (TPSA) is 140 Å². The third-order valence-electron chi connectivity index (χ3n) is 6.21. The Labute approximate surface area is 182 Å². The molecule has 0 aromatic heterocycles. The normalized spacial score (nSPS) is 24.1. The summed E-state index contributed by atoms with van der Waals surface area (Å²) in [6.45, 7) is 1.83. The highest BCUT2D eigenvalue weighted by Gasteiger charge is 2.38. The molecule has 2 aliphatic rings. The van der Waals surface area contributed by atoms with Gasteiger partial charge in [0.05, 0.1) is 24.0 Å². The van der Waals surface area contributed by atoms with E-state index in [2.05, 4.69) is 16.0 Å². The van der Waals surface area contributed by atoms with E-state index in [1.807, 2.05) is 7.05 Å². The van der Waals surface area contributed by atoms with Crippen LogP contribution in [0.3, 0.4) is 0 Å². The van der Waals surface area contributed by atoms with Gasteiger partial charge in [-0.1, -0.05) is 12.1 Å². The van der Waals surface area contributed by atoms with Gasteiger partial charge in [0.2, 0.25) is 5.91 Å². The van der Waals surface area contributed by atoms with Crippen LogP contribution in [0.1, 0.15) is 48.0 Å². The molecular formula is C21H32BN3O6. The van der Waals surface area contributed by atoms with Crippen molar-refractivity contribution in [3.8, 4) is 5.75 Å². The van der Waals surface area contributed by atoms with Crippen LogP contribution in [0.15, 0.2) is 18.2 Å². The molecule has 0 saturated heterocycles. The van der Waals surface area contributed by atoms with E-state index in [0.717, 1.165) is 38.8 Å². The highest BCUT2D eigenvalue weighted by molar-refractivity contribution is 6.47. The van der Waals surface area contributed by atoms with E-state index in [9.17, 15) is 24.8 Å². The van der Waals surface area contributed by atoms with Gasteiger partial charge < -0.3 is 35.8 Å². The number of rotatable bonds is 9. The summed E-state index contributed by atoms with van der Waals surface area (Å²) in [5, 5.41) is 39.4. The standard InChI is InChI=1S/C21H32BN3O6/c1-23-9-10-24-15-7-5-13(6-8-15)17(26)12-19(27)25-18-11-14-3-2-4-16(21(28)29)20(14)31-22(18)30/h2-4,13,15,17-18,23-24,26,30H,5-12H2,1H3,(H,25,27)(H,28,29)/t13?,15?,17?,18-/m0/s1. The number of para-hydroxylation sites is 1. The summed E-state index contributed by atoms with van der Waals surface area (Å²) in [4.78, 5) is 23.8. The van der Waals surface area contributed by atoms with Crippen LogP contribution in [0.2, 0.25) is 0 Å². The Morgan fingerprint density at radius 3 is 2.65 bits per heavy atom. The lowest BCUT2D eigenvalue weighted by atomic mass is 9.72. The molecule has 0 spiro atoms. The van der Waals surface area contributed by atoms with Gasteiger partial charge in [-0.3, -0.25) is 4.79 Å². The number of hydrogen-bond acceptors (Lipinski definition) is 7. The number of amides is 1. The molecule has 1 fully saturated rings. The van der Waals surface area contributed by atoms with E-state index in [1.54, 1.807) is 12.1 Å². The van der Waals surface area contributed by atoms with Gasteiger partial charge >= 0.3 is 13.1 Å². The van der Waals surface area contributed by atoms with Gasteiger partial charge in [-0.15, -0.1) is 0 Å². The molecule has 0 radical (unpaired) electrons. The summed E-state index contributed by atoms with van der Waals surface area (Å²) >= 11 is 0. The second kappa shape index (κ2) is 10.9. The maximum absolute atomic E-state index is 12.5. The van der Waals surface area contributed by atoms with Crippen LogP contribution in [0, 0.1) is 5.92 Å². The molecule has 2 atom stereocenters. The van der Waals surface area contributed by atoms with E-state index in [1.165, 1.54) is 6.07 Å². The van der Waals surface area contributed by atoms with Crippen molar-refractivity contribution in [2.45, 2.75) is 56.6 Å². The first-order chi connectivity index (χ1) is 14.9. The van der Waals surface area contributed by atoms with Crippen molar-refractivity contribution in [3.63, 3.8) is 0 Å². The Kier molecular flexibility index (Phi) is 8.31. The zero-order chi connectivity index (χ0) is 22.4. The number of carbonyl (C=O) groups excluding carboxylic acids is 1. The summed E-state index contributed by atoms with van der Waals surface area (Å²) in [6, 6.07) is 5.19. The van der Waals surface area contributed by atoms with Crippen molar-refractivity contribution in [1.82, 2.24) is 16.0 Å². The predicted octanol–water partition coefficient (Wildman–Crippen LogP) is -0.0570. The molecule has 1 unspecified atom stereocenters. The Morgan fingerprint density at radius 2 is 1.97 bits per heavy atom. The average Bonchev–Trinajstić information content (AvgIpc) is 2.74. The molecule has 1 saturated carbocycles. The third-order valence-corrected chi connectivity index (χ3v) is 6.21. The second-order valence-electron chi connectivity index (χ2n) is 8.43. The molecule has 1 aliphatic heterocycles. The van der Waals surface area contributed by atoms with Crippen molar-refractivity contribution in [2.24, 2.45) is 5.92 Å². The number of carboxylic acid groups (broad SMARTS) is 1. The lowest BCUT2D eigenvalue weighted by Gasteiger charge is -2.32. The zero-order valence-corrected chi connectivity index (χ0v) is 17.8. The first-order valence-electron chi connectivity index (χ1n) is 10.9. The van der Waals surface area contributed by atoms with Crippen molar-refractivity contribution >= 4 is 19.0 Å². The fourth-order valence-electron chi connectivity index (χ4n) is 4.45. The molecule has 1 aromatic rings. The third kappa shape index (κ3) is 6.19. The van der Waals surface area contributed by atoms with Crippen molar-refractivity contribution < 1.29 is 29.5 Å². The Hall–Kier alpha value is -2.14. The quantitative estimate of drug-likeness (QED) is 0.235. The van der Waals surface area contributed by atoms with E-state index in [-0.39, 0.29) is 36.0 Å². The minimum atomic E-state index is -1.35. The number of aliphatic hydroxyl groups excluding tert-OH is 1. The van der Waals surface area contributed by atoms with E-state index in [4.69, 9.17) is 4.65 Å². The van der Waals surface area contributed by atoms with Crippen LogP contribution in [0.25, 0.3) is 0 Å². The fraction of sp³-hybridized carbons (Fsp3) is 0.619. The average molecular weight is 433 g/mol. The van der Waals surface area contributed by atoms with E-state index < -0.39 is 25.1 Å². The number of carboxylic acids is 1.